The SMILES string of the molecule is NC(=O)c1ccc(-c2cccc3c(C[C@H](NC(=O)OCC4c5ccccc5-c5ccccc54)C(=O)O)c[nH]c23)nc1. The Hall–Kier alpha value is -5.44. The number of carbonyl (C=O) groups is 3. The number of pyridine rings is 1. The van der Waals surface area contributed by atoms with Crippen LogP contribution in [0, 0.1) is 0 Å². The standard InChI is InChI=1S/C32H26N4O5/c33-30(37)18-12-13-27(34-15-18)25-11-5-10-20-19(16-35-29(20)25)14-28(31(38)39)36-32(40)41-17-26-23-8-3-1-6-21(23)22-7-2-4-9-24(22)26/h1-13,15-16,26,28,35H,14,17H2,(H2,33,37)(H,36,40)(H,38,39)/t28-/m0/s1. The molecule has 6 rings (SSSR count). The Bertz CT molecular complexity index is 1750. The molecule has 1 aliphatic carbocycles. The molecule has 0 bridgehead atoms. The second-order valence-corrected chi connectivity index (χ2v) is 9.90. The van der Waals surface area contributed by atoms with E-state index in [1.165, 1.54) is 6.20 Å². The maximum absolute atomic E-state index is 12.8. The highest BCUT2D eigenvalue weighted by molar-refractivity contribution is 5.97. The molecule has 9 heteroatoms. The summed E-state index contributed by atoms with van der Waals surface area (Å²) in [6.07, 6.45) is 2.38. The van der Waals surface area contributed by atoms with Crippen LogP contribution < -0.4 is 11.1 Å². The Balaban J connectivity index is 1.17. The average Bonchev–Trinajstić information content (AvgIpc) is 3.54. The number of nitrogens with two attached hydrogens (primary N) is 1. The maximum atomic E-state index is 12.8. The molecule has 1 aliphatic rings. The smallest absolute Gasteiger partial charge is 0.407 e. The summed E-state index contributed by atoms with van der Waals surface area (Å²) in [7, 11) is 0. The number of aromatic amines is 1. The van der Waals surface area contributed by atoms with Gasteiger partial charge in [0.25, 0.3) is 0 Å². The fourth-order valence-corrected chi connectivity index (χ4v) is 5.50. The third-order valence-corrected chi connectivity index (χ3v) is 7.48. The third-order valence-electron chi connectivity index (χ3n) is 7.48. The quantitative estimate of drug-likeness (QED) is 0.218. The van der Waals surface area contributed by atoms with Gasteiger partial charge in [-0.25, -0.2) is 9.59 Å². The Morgan fingerprint density at radius 3 is 2.24 bits per heavy atom. The summed E-state index contributed by atoms with van der Waals surface area (Å²) in [6.45, 7) is 0.0875. The van der Waals surface area contributed by atoms with Crippen molar-refractivity contribution in [1.82, 2.24) is 15.3 Å². The van der Waals surface area contributed by atoms with E-state index in [0.29, 0.717) is 16.8 Å². The zero-order valence-electron chi connectivity index (χ0n) is 21.8. The van der Waals surface area contributed by atoms with E-state index in [0.717, 1.165) is 38.7 Å². The van der Waals surface area contributed by atoms with Gasteiger partial charge in [-0.05, 0) is 39.9 Å². The number of carbonyl (C=O) groups excluding carboxylic acids is 2. The van der Waals surface area contributed by atoms with Gasteiger partial charge in [0, 0.05) is 35.7 Å². The van der Waals surface area contributed by atoms with Gasteiger partial charge < -0.3 is 25.9 Å². The van der Waals surface area contributed by atoms with Crippen molar-refractivity contribution in [3.63, 3.8) is 0 Å². The van der Waals surface area contributed by atoms with Gasteiger partial charge in [-0.1, -0.05) is 66.7 Å². The molecule has 0 radical (unpaired) electrons. The summed E-state index contributed by atoms with van der Waals surface area (Å²) < 4.78 is 5.57. The zero-order chi connectivity index (χ0) is 28.5. The van der Waals surface area contributed by atoms with Crippen molar-refractivity contribution in [2.24, 2.45) is 5.73 Å². The first kappa shape index (κ1) is 25.8. The monoisotopic (exact) mass is 546 g/mol. The average molecular weight is 547 g/mol. The molecule has 0 saturated heterocycles. The number of hydrogen-bond donors (Lipinski definition) is 4. The predicted octanol–water partition coefficient (Wildman–Crippen LogP) is 4.86. The van der Waals surface area contributed by atoms with E-state index in [1.807, 2.05) is 66.7 Å². The van der Waals surface area contributed by atoms with Gasteiger partial charge in [0.05, 0.1) is 16.8 Å². The number of aromatic nitrogens is 2. The Morgan fingerprint density at radius 1 is 0.927 bits per heavy atom. The molecule has 5 aromatic rings. The van der Waals surface area contributed by atoms with Gasteiger partial charge in [-0.2, -0.15) is 0 Å². The highest BCUT2D eigenvalue weighted by Gasteiger charge is 2.30. The number of ether oxygens (including phenoxy) is 1. The number of para-hydroxylation sites is 1. The van der Waals surface area contributed by atoms with Crippen LogP contribution in [0.25, 0.3) is 33.3 Å². The van der Waals surface area contributed by atoms with Crippen LogP contribution in [0.1, 0.15) is 33.0 Å². The minimum atomic E-state index is -1.21. The minimum Gasteiger partial charge on any atom is -0.480 e. The van der Waals surface area contributed by atoms with Gasteiger partial charge in [-0.15, -0.1) is 0 Å². The van der Waals surface area contributed by atoms with Gasteiger partial charge in [0.2, 0.25) is 5.91 Å². The fourth-order valence-electron chi connectivity index (χ4n) is 5.50. The number of alkyl carbamates (subject to hydrolysis) is 1. The molecule has 0 aliphatic heterocycles. The molecule has 0 saturated carbocycles. The second kappa shape index (κ2) is 10.6. The summed E-state index contributed by atoms with van der Waals surface area (Å²) in [5, 5.41) is 13.2. The third kappa shape index (κ3) is 4.89. The number of aliphatic carboxylic acids is 1. The first-order valence-corrected chi connectivity index (χ1v) is 13.1. The molecule has 204 valence electrons. The van der Waals surface area contributed by atoms with Crippen LogP contribution in [0.3, 0.4) is 0 Å². The molecule has 2 amide bonds. The Morgan fingerprint density at radius 2 is 1.61 bits per heavy atom. The van der Waals surface area contributed by atoms with Gasteiger partial charge in [0.1, 0.15) is 12.6 Å². The van der Waals surface area contributed by atoms with Gasteiger partial charge in [-0.3, -0.25) is 9.78 Å². The number of nitrogens with one attached hydrogen (secondary N) is 2. The van der Waals surface area contributed by atoms with E-state index < -0.39 is 24.0 Å². The molecule has 2 heterocycles. The highest BCUT2D eigenvalue weighted by Crippen LogP contribution is 2.44. The normalized spacial score (nSPS) is 12.9. The van der Waals surface area contributed by atoms with Crippen molar-refractivity contribution in [1.29, 1.82) is 0 Å². The molecule has 3 aromatic carbocycles. The first-order chi connectivity index (χ1) is 19.9. The summed E-state index contributed by atoms with van der Waals surface area (Å²) in [5.41, 5.74) is 12.9. The lowest BCUT2D eigenvalue weighted by Gasteiger charge is -2.17. The number of amides is 2. The van der Waals surface area contributed by atoms with Crippen LogP contribution in [0.5, 0.6) is 0 Å². The summed E-state index contributed by atoms with van der Waals surface area (Å²) in [5.74, 6) is -1.87. The number of fused-ring (bicyclic) bond motifs is 4. The largest absolute Gasteiger partial charge is 0.480 e. The molecule has 5 N–H and O–H groups in total. The van der Waals surface area contributed by atoms with Crippen molar-refractivity contribution in [2.75, 3.05) is 6.61 Å². The number of H-pyrrole nitrogens is 1. The Labute approximate surface area is 235 Å². The predicted molar refractivity (Wildman–Crippen MR) is 153 cm³/mol. The molecule has 2 aromatic heterocycles. The second-order valence-electron chi connectivity index (χ2n) is 9.90. The van der Waals surface area contributed by atoms with E-state index in [4.69, 9.17) is 10.5 Å². The van der Waals surface area contributed by atoms with Crippen LogP contribution in [0.2, 0.25) is 0 Å². The van der Waals surface area contributed by atoms with Crippen molar-refractivity contribution in [3.05, 3.63) is 114 Å². The molecular weight excluding hydrogens is 520 g/mol. The first-order valence-electron chi connectivity index (χ1n) is 13.1. The van der Waals surface area contributed by atoms with Crippen LogP contribution >= 0.6 is 0 Å². The minimum absolute atomic E-state index is 0.0387. The van der Waals surface area contributed by atoms with Crippen LogP contribution in [0.4, 0.5) is 4.79 Å². The van der Waals surface area contributed by atoms with Crippen molar-refractivity contribution in [3.8, 4) is 22.4 Å². The van der Waals surface area contributed by atoms with Crippen molar-refractivity contribution in [2.45, 2.75) is 18.4 Å². The highest BCUT2D eigenvalue weighted by atomic mass is 16.5. The molecule has 41 heavy (non-hydrogen) atoms. The van der Waals surface area contributed by atoms with Gasteiger partial charge in [0.15, 0.2) is 0 Å². The zero-order valence-corrected chi connectivity index (χ0v) is 21.8. The van der Waals surface area contributed by atoms with E-state index in [9.17, 15) is 19.5 Å². The summed E-state index contributed by atoms with van der Waals surface area (Å²) in [6, 6.07) is 23.7. The lowest BCUT2D eigenvalue weighted by molar-refractivity contribution is -0.139. The number of primary amides is 1. The van der Waals surface area contributed by atoms with Crippen molar-refractivity contribution >= 4 is 28.9 Å². The number of carboxylic acids is 1. The molecule has 1 atom stereocenters. The number of carboxylic acid groups (broad SMARTS) is 1. The number of nitrogens with zero attached hydrogens (tertiary/aromatic N) is 1. The number of benzene rings is 3. The lowest BCUT2D eigenvalue weighted by atomic mass is 9.98. The molecule has 0 unspecified atom stereocenters. The van der Waals surface area contributed by atoms with Gasteiger partial charge >= 0.3 is 12.1 Å². The van der Waals surface area contributed by atoms with Crippen LogP contribution in [-0.4, -0.2) is 45.7 Å². The molecular formula is C32H26N4O5. The van der Waals surface area contributed by atoms with E-state index in [1.54, 1.807) is 18.3 Å². The van der Waals surface area contributed by atoms with E-state index in [2.05, 4.69) is 15.3 Å². The fraction of sp³-hybridized carbons (Fsp3) is 0.125. The van der Waals surface area contributed by atoms with Crippen molar-refractivity contribution < 1.29 is 24.2 Å². The number of hydrogen-bond acceptors (Lipinski definition) is 5. The topological polar surface area (TPSA) is 147 Å². The maximum Gasteiger partial charge on any atom is 0.407 e. The van der Waals surface area contributed by atoms with Crippen LogP contribution in [-0.2, 0) is 16.0 Å². The molecule has 9 nitrogen and oxygen atoms in total. The molecule has 0 fully saturated rings. The number of rotatable bonds is 8. The molecule has 0 spiro atoms. The Kier molecular flexibility index (Phi) is 6.68. The van der Waals surface area contributed by atoms with E-state index in [-0.39, 0.29) is 18.9 Å². The van der Waals surface area contributed by atoms with E-state index >= 15 is 0 Å². The summed E-state index contributed by atoms with van der Waals surface area (Å²) in [4.78, 5) is 43.9. The summed E-state index contributed by atoms with van der Waals surface area (Å²) >= 11 is 0. The van der Waals surface area contributed by atoms with Crippen LogP contribution in [0.15, 0.2) is 91.3 Å². The lowest BCUT2D eigenvalue weighted by Crippen LogP contribution is -2.42.